The maximum atomic E-state index is 14.8. The number of carbonyl (C=O) groups is 13. The number of unbranched alkanes of at least 4 members (excludes halogenated alkanes) is 1. The van der Waals surface area contributed by atoms with Gasteiger partial charge >= 0.3 is 5.97 Å². The van der Waals surface area contributed by atoms with Crippen molar-refractivity contribution in [3.63, 3.8) is 0 Å². The molecule has 3 rings (SSSR count). The number of aromatic amines is 1. The first-order chi connectivity index (χ1) is 48.8. The van der Waals surface area contributed by atoms with E-state index in [2.05, 4.69) is 86.1 Å². The molecule has 26 N–H and O–H groups in total. The van der Waals surface area contributed by atoms with E-state index in [0.717, 1.165) is 6.92 Å². The van der Waals surface area contributed by atoms with Crippen LogP contribution in [0.5, 0.6) is 0 Å². The van der Waals surface area contributed by atoms with Gasteiger partial charge in [-0.05, 0) is 113 Å². The second kappa shape index (κ2) is 45.8. The molecule has 12 amide bonds. The van der Waals surface area contributed by atoms with E-state index in [4.69, 9.17) is 28.7 Å². The highest BCUT2D eigenvalue weighted by molar-refractivity contribution is 7.98. The minimum atomic E-state index is -1.84. The first-order valence-corrected chi connectivity index (χ1v) is 36.0. The number of benzene rings is 1. The molecular formula is C64H106N20O17S2. The van der Waals surface area contributed by atoms with E-state index in [-0.39, 0.29) is 114 Å². The molecule has 103 heavy (non-hydrogen) atoms. The highest BCUT2D eigenvalue weighted by atomic mass is 32.2. The molecule has 0 bridgehead atoms. The smallest absolute Gasteiger partial charge is 0.328 e. The largest absolute Gasteiger partial charge is 0.480 e. The number of carboxylic acid groups (broad SMARTS) is 1. The summed E-state index contributed by atoms with van der Waals surface area (Å²) >= 11 is 5.60. The van der Waals surface area contributed by atoms with Crippen molar-refractivity contribution in [3.05, 3.63) is 36.0 Å². The van der Waals surface area contributed by atoms with E-state index in [1.54, 1.807) is 64.4 Å². The molecule has 1 aromatic heterocycles. The average Bonchev–Trinajstić information content (AvgIpc) is 1.73. The Hall–Kier alpha value is -9.05. The van der Waals surface area contributed by atoms with E-state index in [0.29, 0.717) is 35.1 Å². The quantitative estimate of drug-likeness (QED) is 0.0127. The van der Waals surface area contributed by atoms with Crippen LogP contribution in [0.25, 0.3) is 10.9 Å². The lowest BCUT2D eigenvalue weighted by Crippen LogP contribution is -2.61. The van der Waals surface area contributed by atoms with Crippen LogP contribution in [0, 0.1) is 11.8 Å². The van der Waals surface area contributed by atoms with E-state index in [1.165, 1.54) is 16.7 Å². The molecule has 0 spiro atoms. The minimum absolute atomic E-state index is 0.0125. The average molecular weight is 1490 g/mol. The SMILES string of the molecule is CSCC[C@H](NC(=O)[C@H](CCCCN)NC(=O)[C@H](CCCN=C(N)N)NC(=O)[C@H](CO)NC(=O)[C@H](Cc1c[nH]c2ccccc12)NC(=O)[C@H](CCCN=C(N)N)NC(=O)[C@H](CC(C)C)NC(=O)[C@H](CO)NC(C)=O)C(=O)N1CCC[C@H]1C(=O)N[C@@H](CS)C(=O)N[C@H](C(=O)N[C@@H](CO)C(=O)O)C(C)C. The van der Waals surface area contributed by atoms with Crippen LogP contribution < -0.4 is 87.2 Å². The van der Waals surface area contributed by atoms with Crippen molar-refractivity contribution < 1.29 is 82.8 Å². The number of hydrogen-bond donors (Lipinski definition) is 22. The molecule has 2 heterocycles. The van der Waals surface area contributed by atoms with E-state index in [1.807, 2.05) is 0 Å². The molecule has 37 nitrogen and oxygen atoms in total. The number of nitrogens with one attached hydrogen (secondary N) is 12. The molecule has 1 aliphatic rings. The lowest BCUT2D eigenvalue weighted by atomic mass is 10.0. The van der Waals surface area contributed by atoms with Gasteiger partial charge in [0.05, 0.1) is 19.8 Å². The number of thiol groups is 1. The number of para-hydroxylation sites is 1. The molecule has 1 aromatic carbocycles. The van der Waals surface area contributed by atoms with Gasteiger partial charge in [0.1, 0.15) is 72.5 Å². The number of carbonyl (C=O) groups excluding carboxylic acids is 12. The van der Waals surface area contributed by atoms with E-state index < -0.39 is 175 Å². The summed E-state index contributed by atoms with van der Waals surface area (Å²) in [4.78, 5) is 192. The second-order valence-corrected chi connectivity index (χ2v) is 26.8. The van der Waals surface area contributed by atoms with Crippen LogP contribution in [0.4, 0.5) is 0 Å². The van der Waals surface area contributed by atoms with E-state index in [9.17, 15) is 82.8 Å². The maximum absolute atomic E-state index is 14.8. The Bertz CT molecular complexity index is 3240. The predicted octanol–water partition coefficient (Wildman–Crippen LogP) is -6.26. The number of nitrogens with zero attached hydrogens (tertiary/aromatic N) is 3. The fourth-order valence-electron chi connectivity index (χ4n) is 11.0. The number of thioether (sulfide) groups is 1. The minimum Gasteiger partial charge on any atom is -0.480 e. The standard InChI is InChI=1S/C64H106N20O17S2/c1-33(2)26-43(78-56(94)45(29-85)73-35(5)88)54(92)75-41(18-12-23-71-64(68)69)53(91)79-44(27-36-28-72-38-15-8-7-14-37(36)38)55(93)80-46(30-86)57(95)76-40(17-11-22-70-63(66)67)51(89)74-39(16-9-10-21-65)52(90)77-42(20-25-103-6)61(99)84-24-13-19-49(84)59(97)82-48(32-102)58(96)83-50(34(3)4)60(98)81-47(31-87)62(100)101/h7-8,14-15,28,33-34,39-50,72,85-87,102H,9-13,16-27,29-32,65H2,1-6H3,(H,73,88)(H,74,89)(H,75,92)(H,76,95)(H,77,90)(H,78,94)(H,79,91)(H,80,93)(H,81,98)(H,82,97)(H,83,96)(H,100,101)(H4,66,67,70)(H4,68,69,71)/t39-,40-,41-,42-,43-,44-,45-,46-,47-,48-,49-,50-/m0/s1. The number of aliphatic hydroxyl groups is 3. The normalized spacial score (nSPS) is 15.9. The van der Waals surface area contributed by atoms with Crippen LogP contribution in [-0.4, -0.2) is 255 Å². The number of aromatic nitrogens is 1. The number of likely N-dealkylation sites (tertiary alicyclic amines) is 1. The molecule has 1 fully saturated rings. The molecular weight excluding hydrogens is 1380 g/mol. The summed E-state index contributed by atoms with van der Waals surface area (Å²) in [6, 6.07) is -10.3. The molecule has 12 atom stereocenters. The van der Waals surface area contributed by atoms with Crippen molar-refractivity contribution in [2.45, 2.75) is 184 Å². The fourth-order valence-corrected chi connectivity index (χ4v) is 11.7. The Labute approximate surface area is 607 Å². The molecule has 0 saturated carbocycles. The third-order valence-corrected chi connectivity index (χ3v) is 17.4. The Morgan fingerprint density at radius 3 is 1.54 bits per heavy atom. The summed E-state index contributed by atoms with van der Waals surface area (Å²) in [6.07, 6.45) is 4.01. The van der Waals surface area contributed by atoms with Gasteiger partial charge in [-0.1, -0.05) is 45.9 Å². The summed E-state index contributed by atoms with van der Waals surface area (Å²) in [7, 11) is 0. The van der Waals surface area contributed by atoms with Crippen molar-refractivity contribution in [3.8, 4) is 0 Å². The van der Waals surface area contributed by atoms with Gasteiger partial charge in [-0.15, -0.1) is 0 Å². The molecule has 1 saturated heterocycles. The number of fused-ring (bicyclic) bond motifs is 1. The van der Waals surface area contributed by atoms with Crippen molar-refractivity contribution >= 4 is 124 Å². The third-order valence-electron chi connectivity index (χ3n) is 16.4. The lowest BCUT2D eigenvalue weighted by molar-refractivity contribution is -0.144. The van der Waals surface area contributed by atoms with Gasteiger partial charge < -0.3 is 117 Å². The zero-order valence-corrected chi connectivity index (χ0v) is 60.7. The van der Waals surface area contributed by atoms with Gasteiger partial charge in [-0.2, -0.15) is 24.4 Å². The number of carboxylic acids is 1. The van der Waals surface area contributed by atoms with Crippen molar-refractivity contribution in [1.82, 2.24) is 68.4 Å². The van der Waals surface area contributed by atoms with Crippen LogP contribution >= 0.6 is 24.4 Å². The lowest BCUT2D eigenvalue weighted by Gasteiger charge is -2.31. The molecule has 1 aliphatic heterocycles. The van der Waals surface area contributed by atoms with Crippen LogP contribution in [0.1, 0.15) is 111 Å². The predicted molar refractivity (Wildman–Crippen MR) is 386 cm³/mol. The van der Waals surface area contributed by atoms with Gasteiger partial charge in [0, 0.05) is 55.8 Å². The van der Waals surface area contributed by atoms with Crippen molar-refractivity contribution in [1.29, 1.82) is 0 Å². The number of aliphatic carboxylic acids is 1. The van der Waals surface area contributed by atoms with Gasteiger partial charge in [-0.3, -0.25) is 67.5 Å². The number of aliphatic hydroxyl groups excluding tert-OH is 3. The Morgan fingerprint density at radius 2 is 1.05 bits per heavy atom. The summed E-state index contributed by atoms with van der Waals surface area (Å²) in [6.45, 7) is 5.17. The number of rotatable bonds is 47. The van der Waals surface area contributed by atoms with Crippen molar-refractivity contribution in [2.24, 2.45) is 50.5 Å². The van der Waals surface area contributed by atoms with E-state index >= 15 is 0 Å². The van der Waals surface area contributed by atoms with Gasteiger partial charge in [-0.25, -0.2) is 4.79 Å². The highest BCUT2D eigenvalue weighted by Gasteiger charge is 2.41. The van der Waals surface area contributed by atoms with Gasteiger partial charge in [0.15, 0.2) is 11.9 Å². The summed E-state index contributed by atoms with van der Waals surface area (Å²) in [5.74, 6) is -13.3. The van der Waals surface area contributed by atoms with Crippen LogP contribution in [-0.2, 0) is 68.7 Å². The number of nitrogens with two attached hydrogens (primary N) is 5. The molecule has 0 radical (unpaired) electrons. The monoisotopic (exact) mass is 1490 g/mol. The number of amides is 12. The van der Waals surface area contributed by atoms with Gasteiger partial charge in [0.25, 0.3) is 0 Å². The number of guanidine groups is 2. The maximum Gasteiger partial charge on any atom is 0.328 e. The molecule has 0 unspecified atom stereocenters. The number of aliphatic imine (C=N–C) groups is 2. The third kappa shape index (κ3) is 30.1. The zero-order valence-electron chi connectivity index (χ0n) is 59.0. The molecule has 39 heteroatoms. The Balaban J connectivity index is 1.99. The van der Waals surface area contributed by atoms with Crippen LogP contribution in [0.3, 0.4) is 0 Å². The summed E-state index contributed by atoms with van der Waals surface area (Å²) in [5.41, 5.74) is 29.3. The Morgan fingerprint density at radius 1 is 0.583 bits per heavy atom. The molecule has 576 valence electrons. The topological polar surface area (TPSA) is 609 Å². The Kier molecular flexibility index (Phi) is 39.2. The first-order valence-electron chi connectivity index (χ1n) is 34.0. The second-order valence-electron chi connectivity index (χ2n) is 25.4. The highest BCUT2D eigenvalue weighted by Crippen LogP contribution is 2.23. The van der Waals surface area contributed by atoms with Crippen molar-refractivity contribution in [2.75, 3.05) is 63.8 Å². The first kappa shape index (κ1) is 88.2. The summed E-state index contributed by atoms with van der Waals surface area (Å²) in [5, 5.41) is 68.1. The molecule has 0 aliphatic carbocycles. The summed E-state index contributed by atoms with van der Waals surface area (Å²) < 4.78 is 0. The number of H-pyrrole nitrogens is 1. The zero-order chi connectivity index (χ0) is 77.0. The van der Waals surface area contributed by atoms with Crippen LogP contribution in [0.2, 0.25) is 0 Å². The molecule has 2 aromatic rings. The fraction of sp³-hybridized carbons (Fsp3) is 0.641. The number of hydrogen-bond acceptors (Lipinski definition) is 21. The van der Waals surface area contributed by atoms with Gasteiger partial charge in [0.2, 0.25) is 70.9 Å². The van der Waals surface area contributed by atoms with Crippen LogP contribution in [0.15, 0.2) is 40.4 Å².